The molecule has 24 heavy (non-hydrogen) atoms. The third kappa shape index (κ3) is 8.70. The van der Waals surface area contributed by atoms with Crippen molar-refractivity contribution in [3.8, 4) is 0 Å². The van der Waals surface area contributed by atoms with E-state index in [-0.39, 0.29) is 30.9 Å². The van der Waals surface area contributed by atoms with Crippen molar-refractivity contribution >= 4 is 11.9 Å². The quantitative estimate of drug-likeness (QED) is 0.466. The molecule has 0 spiro atoms. The number of hydrogen-bond acceptors (Lipinski definition) is 4. The maximum atomic E-state index is 11.9. The molecule has 1 aliphatic carbocycles. The average molecular weight is 341 g/mol. The Morgan fingerprint density at radius 2 is 1.58 bits per heavy atom. The number of carbonyl (C=O) groups excluding carboxylic acids is 2. The number of carbonyl (C=O) groups is 2. The smallest absolute Gasteiger partial charge is 0.306 e. The maximum Gasteiger partial charge on any atom is 0.306 e. The van der Waals surface area contributed by atoms with Gasteiger partial charge >= 0.3 is 11.9 Å². The predicted molar refractivity (Wildman–Crippen MR) is 95.6 cm³/mol. The van der Waals surface area contributed by atoms with Gasteiger partial charge in [-0.1, -0.05) is 34.6 Å². The van der Waals surface area contributed by atoms with Gasteiger partial charge in [-0.3, -0.25) is 9.59 Å². The minimum absolute atomic E-state index is 0.0261. The molecule has 0 unspecified atom stereocenters. The first-order valence-corrected chi connectivity index (χ1v) is 9.53. The first kappa shape index (κ1) is 21.0. The summed E-state index contributed by atoms with van der Waals surface area (Å²) in [4.78, 5) is 23.5. The Balaban J connectivity index is 2.13. The van der Waals surface area contributed by atoms with Crippen LogP contribution in [-0.2, 0) is 19.1 Å². The van der Waals surface area contributed by atoms with Crippen LogP contribution in [0.3, 0.4) is 0 Å². The van der Waals surface area contributed by atoms with E-state index in [9.17, 15) is 9.59 Å². The van der Waals surface area contributed by atoms with Crippen LogP contribution in [0.15, 0.2) is 0 Å². The van der Waals surface area contributed by atoms with Crippen molar-refractivity contribution in [2.45, 2.75) is 92.1 Å². The van der Waals surface area contributed by atoms with E-state index in [0.717, 1.165) is 38.5 Å². The van der Waals surface area contributed by atoms with E-state index in [1.54, 1.807) is 0 Å². The van der Waals surface area contributed by atoms with Crippen molar-refractivity contribution in [3.05, 3.63) is 0 Å². The molecule has 0 atom stereocenters. The topological polar surface area (TPSA) is 52.6 Å². The summed E-state index contributed by atoms with van der Waals surface area (Å²) < 4.78 is 10.7. The van der Waals surface area contributed by atoms with E-state index in [0.29, 0.717) is 23.9 Å². The van der Waals surface area contributed by atoms with Crippen LogP contribution in [-0.4, -0.2) is 24.6 Å². The van der Waals surface area contributed by atoms with Gasteiger partial charge in [0.2, 0.25) is 0 Å². The molecule has 0 aromatic carbocycles. The lowest BCUT2D eigenvalue weighted by Gasteiger charge is -2.36. The Labute approximate surface area is 147 Å². The van der Waals surface area contributed by atoms with Crippen LogP contribution in [0.2, 0.25) is 0 Å². The lowest BCUT2D eigenvalue weighted by Crippen LogP contribution is -2.30. The fraction of sp³-hybridized carbons (Fsp3) is 0.900. The Bertz CT molecular complexity index is 387. The highest BCUT2D eigenvalue weighted by Crippen LogP contribution is 2.38. The Hall–Kier alpha value is -1.06. The molecule has 0 aliphatic heterocycles. The van der Waals surface area contributed by atoms with Crippen LogP contribution in [0.1, 0.15) is 86.0 Å². The third-order valence-electron chi connectivity index (χ3n) is 4.92. The van der Waals surface area contributed by atoms with Crippen LogP contribution in [0.25, 0.3) is 0 Å². The van der Waals surface area contributed by atoms with Gasteiger partial charge in [-0.2, -0.15) is 0 Å². The van der Waals surface area contributed by atoms with Gasteiger partial charge in [0.05, 0.1) is 19.4 Å². The minimum atomic E-state index is -0.299. The molecule has 0 heterocycles. The zero-order valence-corrected chi connectivity index (χ0v) is 16.2. The summed E-state index contributed by atoms with van der Waals surface area (Å²) in [5, 5.41) is 0. The molecule has 4 heteroatoms. The first-order valence-electron chi connectivity index (χ1n) is 9.53. The molecule has 1 fully saturated rings. The van der Waals surface area contributed by atoms with Gasteiger partial charge in [0.15, 0.2) is 0 Å². The fourth-order valence-corrected chi connectivity index (χ4v) is 3.25. The molecule has 0 radical (unpaired) electrons. The van der Waals surface area contributed by atoms with E-state index >= 15 is 0 Å². The Kier molecular flexibility index (Phi) is 8.79. The molecule has 0 saturated heterocycles. The Morgan fingerprint density at radius 1 is 1.00 bits per heavy atom. The molecule has 0 aromatic heterocycles. The summed E-state index contributed by atoms with van der Waals surface area (Å²) in [6.07, 6.45) is 6.30. The SMILES string of the molecule is CC(C)CCCOC(=O)CCC(=O)OC1CCC(C(C)(C)C)CC1. The highest BCUT2D eigenvalue weighted by Gasteiger charge is 2.31. The second-order valence-electron chi connectivity index (χ2n) is 8.59. The van der Waals surface area contributed by atoms with Crippen LogP contribution in [0, 0.1) is 17.3 Å². The van der Waals surface area contributed by atoms with Gasteiger partial charge in [0, 0.05) is 0 Å². The van der Waals surface area contributed by atoms with E-state index in [2.05, 4.69) is 34.6 Å². The fourth-order valence-electron chi connectivity index (χ4n) is 3.25. The normalized spacial score (nSPS) is 21.6. The zero-order valence-electron chi connectivity index (χ0n) is 16.2. The van der Waals surface area contributed by atoms with Crippen molar-refractivity contribution in [2.75, 3.05) is 6.61 Å². The van der Waals surface area contributed by atoms with Gasteiger partial charge < -0.3 is 9.47 Å². The second kappa shape index (κ2) is 10.0. The molecule has 140 valence electrons. The summed E-state index contributed by atoms with van der Waals surface area (Å²) in [7, 11) is 0. The molecule has 0 bridgehead atoms. The summed E-state index contributed by atoms with van der Waals surface area (Å²) in [6, 6.07) is 0. The van der Waals surface area contributed by atoms with E-state index in [1.165, 1.54) is 0 Å². The van der Waals surface area contributed by atoms with E-state index in [4.69, 9.17) is 9.47 Å². The summed E-state index contributed by atoms with van der Waals surface area (Å²) in [5.74, 6) is 0.751. The average Bonchev–Trinajstić information content (AvgIpc) is 2.49. The molecule has 0 aromatic rings. The number of ether oxygens (including phenoxy) is 2. The molecule has 1 saturated carbocycles. The van der Waals surface area contributed by atoms with Crippen molar-refractivity contribution in [3.63, 3.8) is 0 Å². The van der Waals surface area contributed by atoms with Gasteiger partial charge in [0.25, 0.3) is 0 Å². The van der Waals surface area contributed by atoms with Crippen molar-refractivity contribution in [2.24, 2.45) is 17.3 Å². The third-order valence-corrected chi connectivity index (χ3v) is 4.92. The molecule has 1 rings (SSSR count). The largest absolute Gasteiger partial charge is 0.466 e. The molecular weight excluding hydrogens is 304 g/mol. The molecule has 0 N–H and O–H groups in total. The monoisotopic (exact) mass is 340 g/mol. The van der Waals surface area contributed by atoms with Crippen LogP contribution in [0.4, 0.5) is 0 Å². The summed E-state index contributed by atoms with van der Waals surface area (Å²) in [6.45, 7) is 11.6. The van der Waals surface area contributed by atoms with E-state index < -0.39 is 0 Å². The highest BCUT2D eigenvalue weighted by molar-refractivity contribution is 5.77. The van der Waals surface area contributed by atoms with Gasteiger partial charge in [-0.25, -0.2) is 0 Å². The lowest BCUT2D eigenvalue weighted by molar-refractivity contribution is -0.155. The molecular formula is C20H36O4. The van der Waals surface area contributed by atoms with Crippen molar-refractivity contribution in [1.29, 1.82) is 0 Å². The zero-order chi connectivity index (χ0) is 18.2. The Morgan fingerprint density at radius 3 is 2.12 bits per heavy atom. The minimum Gasteiger partial charge on any atom is -0.466 e. The highest BCUT2D eigenvalue weighted by atomic mass is 16.5. The van der Waals surface area contributed by atoms with Gasteiger partial charge in [-0.05, 0) is 55.8 Å². The molecule has 0 amide bonds. The maximum absolute atomic E-state index is 11.9. The number of rotatable bonds is 8. The van der Waals surface area contributed by atoms with Crippen LogP contribution < -0.4 is 0 Å². The standard InChI is InChI=1S/C20H36O4/c1-15(2)7-6-14-23-18(21)12-13-19(22)24-17-10-8-16(9-11-17)20(3,4)5/h15-17H,6-14H2,1-5H3. The van der Waals surface area contributed by atoms with Gasteiger partial charge in [-0.15, -0.1) is 0 Å². The predicted octanol–water partition coefficient (Wildman–Crippen LogP) is 4.89. The number of hydrogen-bond donors (Lipinski definition) is 0. The van der Waals surface area contributed by atoms with Crippen LogP contribution >= 0.6 is 0 Å². The van der Waals surface area contributed by atoms with Crippen LogP contribution in [0.5, 0.6) is 0 Å². The molecule has 4 nitrogen and oxygen atoms in total. The summed E-state index contributed by atoms with van der Waals surface area (Å²) >= 11 is 0. The van der Waals surface area contributed by atoms with Gasteiger partial charge in [0.1, 0.15) is 6.10 Å². The van der Waals surface area contributed by atoms with Crippen molar-refractivity contribution < 1.29 is 19.1 Å². The van der Waals surface area contributed by atoms with Crippen molar-refractivity contribution in [1.82, 2.24) is 0 Å². The first-order chi connectivity index (χ1) is 11.2. The number of esters is 2. The lowest BCUT2D eigenvalue weighted by atomic mass is 9.72. The summed E-state index contributed by atoms with van der Waals surface area (Å²) in [5.41, 5.74) is 0.328. The van der Waals surface area contributed by atoms with E-state index in [1.807, 2.05) is 0 Å². The second-order valence-corrected chi connectivity index (χ2v) is 8.59. The molecule has 1 aliphatic rings.